The Morgan fingerprint density at radius 3 is 2.50 bits per heavy atom. The molecule has 0 radical (unpaired) electrons. The molecule has 0 aliphatic rings. The van der Waals surface area contributed by atoms with Crippen LogP contribution in [0.5, 0.6) is 0 Å². The Morgan fingerprint density at radius 2 is 1.81 bits per heavy atom. The molecule has 26 heavy (non-hydrogen) atoms. The lowest BCUT2D eigenvalue weighted by molar-refractivity contribution is -0.137. The van der Waals surface area contributed by atoms with Crippen LogP contribution in [0, 0.1) is 0 Å². The number of aromatic nitrogens is 2. The highest BCUT2D eigenvalue weighted by molar-refractivity contribution is 5.76. The largest absolute Gasteiger partial charge is 0.420 e. The summed E-state index contributed by atoms with van der Waals surface area (Å²) >= 11 is 0. The second-order valence-corrected chi connectivity index (χ2v) is 5.14. The quantitative estimate of drug-likeness (QED) is 0.378. The number of para-hydroxylation sites is 1. The summed E-state index contributed by atoms with van der Waals surface area (Å²) in [5.74, 6) is 0.352. The lowest BCUT2D eigenvalue weighted by Gasteiger charge is -2.11. The topological polar surface area (TPSA) is 99.7 Å². The van der Waals surface area contributed by atoms with Crippen molar-refractivity contribution in [2.24, 2.45) is 5.11 Å². The van der Waals surface area contributed by atoms with Crippen molar-refractivity contribution >= 4 is 11.4 Å². The summed E-state index contributed by atoms with van der Waals surface area (Å²) in [6.45, 7) is -0.0714. The Hall–Kier alpha value is -3.52. The molecular weight excluding hydrogens is 349 g/mol. The van der Waals surface area contributed by atoms with Crippen molar-refractivity contribution in [1.29, 1.82) is 0 Å². The number of rotatable bonds is 5. The fraction of sp³-hybridized carbons (Fsp3) is 0.125. The van der Waals surface area contributed by atoms with Crippen LogP contribution in [-0.2, 0) is 12.7 Å². The highest BCUT2D eigenvalue weighted by atomic mass is 19.4. The summed E-state index contributed by atoms with van der Waals surface area (Å²) in [5, 5.41) is 14.1. The van der Waals surface area contributed by atoms with Crippen LogP contribution < -0.4 is 5.32 Å². The molecule has 0 fully saturated rings. The lowest BCUT2D eigenvalue weighted by atomic mass is 10.1. The van der Waals surface area contributed by atoms with Gasteiger partial charge in [-0.1, -0.05) is 17.2 Å². The highest BCUT2D eigenvalue weighted by Crippen LogP contribution is 2.32. The van der Waals surface area contributed by atoms with Gasteiger partial charge in [0.15, 0.2) is 0 Å². The van der Waals surface area contributed by atoms with Gasteiger partial charge in [0.2, 0.25) is 11.8 Å². The molecule has 3 rings (SSSR count). The molecule has 0 saturated heterocycles. The van der Waals surface area contributed by atoms with Crippen LogP contribution in [0.2, 0.25) is 0 Å². The normalized spacial score (nSPS) is 11.0. The number of anilines is 2. The van der Waals surface area contributed by atoms with Gasteiger partial charge < -0.3 is 9.73 Å². The average Bonchev–Trinajstić information content (AvgIpc) is 3.09. The molecule has 0 aliphatic carbocycles. The second kappa shape index (κ2) is 7.16. The van der Waals surface area contributed by atoms with E-state index < -0.39 is 11.7 Å². The Morgan fingerprint density at radius 1 is 1.08 bits per heavy atom. The van der Waals surface area contributed by atoms with Crippen molar-refractivity contribution in [3.8, 4) is 11.5 Å². The first-order valence-electron chi connectivity index (χ1n) is 7.34. The van der Waals surface area contributed by atoms with E-state index in [1.165, 1.54) is 12.1 Å². The van der Waals surface area contributed by atoms with E-state index in [0.29, 0.717) is 16.9 Å². The van der Waals surface area contributed by atoms with E-state index in [0.717, 1.165) is 12.1 Å². The summed E-state index contributed by atoms with van der Waals surface area (Å²) < 4.78 is 43.4. The van der Waals surface area contributed by atoms with Crippen molar-refractivity contribution in [3.05, 3.63) is 70.4 Å². The van der Waals surface area contributed by atoms with E-state index in [1.54, 1.807) is 24.3 Å². The third-order valence-corrected chi connectivity index (χ3v) is 3.38. The molecular formula is C16H11F3N6O. The van der Waals surface area contributed by atoms with Crippen molar-refractivity contribution in [3.63, 3.8) is 0 Å². The molecule has 132 valence electrons. The number of hydrogen-bond acceptors (Lipinski definition) is 5. The predicted octanol–water partition coefficient (Wildman–Crippen LogP) is 5.31. The molecule has 0 spiro atoms. The first kappa shape index (κ1) is 17.3. The van der Waals surface area contributed by atoms with Crippen LogP contribution in [0.1, 0.15) is 11.5 Å². The molecule has 10 heteroatoms. The summed E-state index contributed by atoms with van der Waals surface area (Å²) in [6, 6.07) is 11.6. The van der Waals surface area contributed by atoms with Gasteiger partial charge in [0.05, 0.1) is 16.8 Å². The van der Waals surface area contributed by atoms with E-state index in [9.17, 15) is 13.2 Å². The Labute approximate surface area is 145 Å². The predicted molar refractivity (Wildman–Crippen MR) is 87.3 cm³/mol. The number of nitrogens with one attached hydrogen (secondary N) is 1. The Bertz CT molecular complexity index is 945. The van der Waals surface area contributed by atoms with E-state index in [1.807, 2.05) is 0 Å². The highest BCUT2D eigenvalue weighted by Gasteiger charge is 2.29. The number of alkyl halides is 3. The number of azide groups is 1. The molecule has 3 aromatic rings. The van der Waals surface area contributed by atoms with Gasteiger partial charge in [0.25, 0.3) is 0 Å². The number of nitrogens with zero attached hydrogens (tertiary/aromatic N) is 5. The van der Waals surface area contributed by atoms with Gasteiger partial charge in [0.1, 0.15) is 6.54 Å². The van der Waals surface area contributed by atoms with Gasteiger partial charge in [-0.2, -0.15) is 13.2 Å². The summed E-state index contributed by atoms with van der Waals surface area (Å²) in [4.78, 5) is 2.62. The molecule has 1 heterocycles. The zero-order valence-corrected chi connectivity index (χ0v) is 13.1. The summed E-state index contributed by atoms with van der Waals surface area (Å²) in [5.41, 5.74) is 9.20. The maximum absolute atomic E-state index is 12.6. The second-order valence-electron chi connectivity index (χ2n) is 5.14. The standard InChI is InChI=1S/C16H11F3N6O/c17-16(18,19)10-5-7-11(8-6-10)22-13-4-2-1-3-12(13)15-24-23-14(26-15)9-21-25-20/h1-8,22H,9H2. The molecule has 1 aromatic heterocycles. The third kappa shape index (κ3) is 3.93. The van der Waals surface area contributed by atoms with Crippen LogP contribution in [0.25, 0.3) is 21.9 Å². The maximum atomic E-state index is 12.6. The zero-order chi connectivity index (χ0) is 18.6. The van der Waals surface area contributed by atoms with Crippen molar-refractivity contribution < 1.29 is 17.6 Å². The van der Waals surface area contributed by atoms with E-state index >= 15 is 0 Å². The summed E-state index contributed by atoms with van der Waals surface area (Å²) in [7, 11) is 0. The van der Waals surface area contributed by atoms with Gasteiger partial charge in [-0.25, -0.2) is 0 Å². The third-order valence-electron chi connectivity index (χ3n) is 3.38. The zero-order valence-electron chi connectivity index (χ0n) is 13.1. The van der Waals surface area contributed by atoms with Gasteiger partial charge in [0, 0.05) is 10.6 Å². The monoisotopic (exact) mass is 360 g/mol. The molecule has 0 aliphatic heterocycles. The van der Waals surface area contributed by atoms with Gasteiger partial charge >= 0.3 is 6.18 Å². The SMILES string of the molecule is [N-]=[N+]=NCc1nnc(-c2ccccc2Nc2ccc(C(F)(F)F)cc2)o1. The van der Waals surface area contributed by atoms with Crippen molar-refractivity contribution in [1.82, 2.24) is 10.2 Å². The number of benzene rings is 2. The number of hydrogen-bond donors (Lipinski definition) is 1. The van der Waals surface area contributed by atoms with Crippen LogP contribution >= 0.6 is 0 Å². The number of halogens is 3. The fourth-order valence-electron chi connectivity index (χ4n) is 2.20. The smallest absolute Gasteiger partial charge is 0.416 e. The van der Waals surface area contributed by atoms with Crippen molar-refractivity contribution in [2.45, 2.75) is 12.7 Å². The lowest BCUT2D eigenvalue weighted by Crippen LogP contribution is -2.04. The van der Waals surface area contributed by atoms with Crippen LogP contribution in [-0.4, -0.2) is 10.2 Å². The Balaban J connectivity index is 1.85. The minimum Gasteiger partial charge on any atom is -0.420 e. The molecule has 0 amide bonds. The minimum absolute atomic E-state index is 0.0714. The molecule has 0 unspecified atom stereocenters. The van der Waals surface area contributed by atoms with Crippen LogP contribution in [0.4, 0.5) is 24.5 Å². The first-order chi connectivity index (χ1) is 12.5. The molecule has 7 nitrogen and oxygen atoms in total. The minimum atomic E-state index is -4.39. The molecule has 1 N–H and O–H groups in total. The average molecular weight is 360 g/mol. The van der Waals surface area contributed by atoms with Crippen LogP contribution in [0.15, 0.2) is 58.1 Å². The maximum Gasteiger partial charge on any atom is 0.416 e. The first-order valence-corrected chi connectivity index (χ1v) is 7.34. The molecule has 0 atom stereocenters. The van der Waals surface area contributed by atoms with E-state index in [4.69, 9.17) is 9.95 Å². The molecule has 0 saturated carbocycles. The van der Waals surface area contributed by atoms with Gasteiger partial charge in [-0.15, -0.1) is 10.2 Å². The van der Waals surface area contributed by atoms with Crippen LogP contribution in [0.3, 0.4) is 0 Å². The summed E-state index contributed by atoms with van der Waals surface area (Å²) in [6.07, 6.45) is -4.39. The molecule has 0 bridgehead atoms. The van der Waals surface area contributed by atoms with Gasteiger partial charge in [-0.3, -0.25) is 0 Å². The fourth-order valence-corrected chi connectivity index (χ4v) is 2.20. The van der Waals surface area contributed by atoms with Gasteiger partial charge in [-0.05, 0) is 41.9 Å². The Kier molecular flexibility index (Phi) is 4.76. The van der Waals surface area contributed by atoms with E-state index in [-0.39, 0.29) is 18.3 Å². The van der Waals surface area contributed by atoms with Crippen molar-refractivity contribution in [2.75, 3.05) is 5.32 Å². The van der Waals surface area contributed by atoms with E-state index in [2.05, 4.69) is 25.5 Å². The molecule has 2 aromatic carbocycles.